The largest absolute Gasteiger partial charge is 0.341 e. The highest BCUT2D eigenvalue weighted by Crippen LogP contribution is 2.19. The molecule has 0 bridgehead atoms. The Morgan fingerprint density at radius 2 is 1.52 bits per heavy atom. The van der Waals surface area contributed by atoms with Crippen LogP contribution in [0.5, 0.6) is 0 Å². The van der Waals surface area contributed by atoms with Crippen LogP contribution in [0.1, 0.15) is 10.4 Å². The molecule has 2 aromatic rings. The fourth-order valence-corrected chi connectivity index (χ4v) is 2.34. The van der Waals surface area contributed by atoms with Gasteiger partial charge >= 0.3 is 5.76 Å². The van der Waals surface area contributed by atoms with Crippen LogP contribution >= 0.6 is 0 Å². The van der Waals surface area contributed by atoms with E-state index in [1.807, 2.05) is 0 Å². The molecule has 2 aromatic carbocycles. The average Bonchev–Trinajstić information content (AvgIpc) is 2.48. The summed E-state index contributed by atoms with van der Waals surface area (Å²) in [6.45, 7) is 0. The molecule has 0 atom stereocenters. The van der Waals surface area contributed by atoms with Crippen molar-refractivity contribution in [1.29, 1.82) is 0 Å². The van der Waals surface area contributed by atoms with Gasteiger partial charge < -0.3 is 5.32 Å². The van der Waals surface area contributed by atoms with E-state index in [4.69, 9.17) is 0 Å². The highest BCUT2D eigenvalue weighted by molar-refractivity contribution is 7.91. The molecule has 0 aliphatic heterocycles. The number of sulfone groups is 1. The van der Waals surface area contributed by atoms with E-state index in [0.29, 0.717) is 5.69 Å². The minimum Gasteiger partial charge on any atom is -0.322 e. The molecule has 21 heavy (non-hydrogen) atoms. The third-order valence-corrected chi connectivity index (χ3v) is 4.11. The number of carbonyl (C=O) groups is 1. The van der Waals surface area contributed by atoms with Gasteiger partial charge in [-0.1, -0.05) is 18.2 Å². The molecule has 7 heteroatoms. The Labute approximate surface area is 120 Å². The lowest BCUT2D eigenvalue weighted by atomic mass is 10.2. The molecule has 1 amide bonds. The summed E-state index contributed by atoms with van der Waals surface area (Å²) in [7, 11) is -4.64. The third-order valence-electron chi connectivity index (χ3n) is 2.71. The van der Waals surface area contributed by atoms with E-state index in [1.165, 1.54) is 12.1 Å². The van der Waals surface area contributed by atoms with Crippen LogP contribution in [0.2, 0.25) is 0 Å². The molecule has 0 saturated heterocycles. The van der Waals surface area contributed by atoms with Crippen molar-refractivity contribution in [2.75, 3.05) is 5.32 Å². The first kappa shape index (κ1) is 15.1. The molecule has 0 saturated carbocycles. The average molecular weight is 311 g/mol. The first-order valence-corrected chi connectivity index (χ1v) is 7.44. The van der Waals surface area contributed by atoms with Crippen molar-refractivity contribution in [3.05, 3.63) is 60.2 Å². The molecule has 0 unspecified atom stereocenters. The van der Waals surface area contributed by atoms with Crippen LogP contribution in [0, 0.1) is 0 Å². The van der Waals surface area contributed by atoms with Crippen molar-refractivity contribution in [3.8, 4) is 0 Å². The van der Waals surface area contributed by atoms with Crippen molar-refractivity contribution >= 4 is 21.4 Å². The molecule has 0 fully saturated rings. The van der Waals surface area contributed by atoms with Crippen LogP contribution in [0.15, 0.2) is 59.5 Å². The van der Waals surface area contributed by atoms with Crippen LogP contribution in [0.25, 0.3) is 0 Å². The highest BCUT2D eigenvalue weighted by Gasteiger charge is 2.26. The molecule has 4 nitrogen and oxygen atoms in total. The minimum absolute atomic E-state index is 0.173. The number of amides is 1. The van der Waals surface area contributed by atoms with Gasteiger partial charge in [0.05, 0.1) is 4.90 Å². The Hall–Kier alpha value is -2.28. The number of benzene rings is 2. The second kappa shape index (κ2) is 6.01. The molecule has 0 aliphatic rings. The van der Waals surface area contributed by atoms with E-state index >= 15 is 0 Å². The number of rotatable bonds is 4. The smallest absolute Gasteiger partial charge is 0.322 e. The summed E-state index contributed by atoms with van der Waals surface area (Å²) >= 11 is 0. The highest BCUT2D eigenvalue weighted by atomic mass is 32.2. The lowest BCUT2D eigenvalue weighted by Crippen LogP contribution is -2.14. The van der Waals surface area contributed by atoms with Gasteiger partial charge in [-0.25, -0.2) is 8.42 Å². The number of hydrogen-bond acceptors (Lipinski definition) is 3. The van der Waals surface area contributed by atoms with Gasteiger partial charge in [-0.15, -0.1) is 0 Å². The maximum absolute atomic E-state index is 12.4. The van der Waals surface area contributed by atoms with E-state index in [0.717, 1.165) is 12.1 Å². The predicted octanol–water partition coefficient (Wildman–Crippen LogP) is 2.94. The fraction of sp³-hybridized carbons (Fsp3) is 0.0714. The lowest BCUT2D eigenvalue weighted by molar-refractivity contribution is 0.102. The number of halogens is 2. The lowest BCUT2D eigenvalue weighted by Gasteiger charge is -2.06. The fourth-order valence-electron chi connectivity index (χ4n) is 1.62. The second-order valence-electron chi connectivity index (χ2n) is 4.15. The predicted molar refractivity (Wildman–Crippen MR) is 74.0 cm³/mol. The van der Waals surface area contributed by atoms with Gasteiger partial charge in [0.25, 0.3) is 5.91 Å². The molecule has 0 aromatic heterocycles. The molecule has 0 spiro atoms. The first-order valence-electron chi connectivity index (χ1n) is 5.90. The summed E-state index contributed by atoms with van der Waals surface area (Å²) in [4.78, 5) is 11.4. The quantitative estimate of drug-likeness (QED) is 0.944. The van der Waals surface area contributed by atoms with Crippen molar-refractivity contribution in [1.82, 2.24) is 0 Å². The van der Waals surface area contributed by atoms with Crippen molar-refractivity contribution < 1.29 is 22.0 Å². The topological polar surface area (TPSA) is 63.2 Å². The van der Waals surface area contributed by atoms with E-state index in [9.17, 15) is 22.0 Å². The van der Waals surface area contributed by atoms with Crippen LogP contribution in [-0.4, -0.2) is 20.1 Å². The Bertz CT molecular complexity index is 729. The Kier molecular flexibility index (Phi) is 4.32. The molecule has 0 aliphatic carbocycles. The number of nitrogens with one attached hydrogen (secondary N) is 1. The van der Waals surface area contributed by atoms with Crippen molar-refractivity contribution in [2.45, 2.75) is 10.7 Å². The number of alkyl halides is 2. The first-order chi connectivity index (χ1) is 9.91. The molecule has 110 valence electrons. The van der Waals surface area contributed by atoms with E-state index in [1.54, 1.807) is 30.3 Å². The zero-order valence-corrected chi connectivity index (χ0v) is 11.5. The molecule has 2 rings (SSSR count). The van der Waals surface area contributed by atoms with Crippen LogP contribution in [0.3, 0.4) is 0 Å². The zero-order valence-electron chi connectivity index (χ0n) is 10.7. The summed E-state index contributed by atoms with van der Waals surface area (Å²) < 4.78 is 47.3. The van der Waals surface area contributed by atoms with Crippen molar-refractivity contribution in [2.24, 2.45) is 0 Å². The van der Waals surface area contributed by atoms with Crippen LogP contribution < -0.4 is 5.32 Å². The van der Waals surface area contributed by atoms with Crippen molar-refractivity contribution in [3.63, 3.8) is 0 Å². The van der Waals surface area contributed by atoms with E-state index in [-0.39, 0.29) is 5.56 Å². The maximum Gasteiger partial charge on any atom is 0.341 e. The molecular formula is C14H11F2NO3S. The van der Waals surface area contributed by atoms with Crippen LogP contribution in [-0.2, 0) is 9.84 Å². The number of para-hydroxylation sites is 1. The van der Waals surface area contributed by atoms with Gasteiger partial charge in [0.15, 0.2) is 0 Å². The Balaban J connectivity index is 2.18. The molecule has 0 heterocycles. The van der Waals surface area contributed by atoms with Crippen LogP contribution in [0.4, 0.5) is 14.5 Å². The second-order valence-corrected chi connectivity index (χ2v) is 6.07. The summed E-state index contributed by atoms with van der Waals surface area (Å²) in [6.07, 6.45) is 0. The summed E-state index contributed by atoms with van der Waals surface area (Å²) in [6, 6.07) is 13.0. The maximum atomic E-state index is 12.4. The molecule has 1 N–H and O–H groups in total. The normalized spacial score (nSPS) is 11.4. The third kappa shape index (κ3) is 3.43. The Morgan fingerprint density at radius 3 is 2.05 bits per heavy atom. The number of anilines is 1. The summed E-state index contributed by atoms with van der Waals surface area (Å²) in [5.41, 5.74) is 0.749. The molecule has 0 radical (unpaired) electrons. The van der Waals surface area contributed by atoms with Gasteiger partial charge in [-0.2, -0.15) is 8.78 Å². The van der Waals surface area contributed by atoms with Gasteiger partial charge in [0, 0.05) is 11.3 Å². The van der Waals surface area contributed by atoms with E-state index < -0.39 is 26.4 Å². The van der Waals surface area contributed by atoms with Gasteiger partial charge in [0.2, 0.25) is 9.84 Å². The molecular weight excluding hydrogens is 300 g/mol. The monoisotopic (exact) mass is 311 g/mol. The van der Waals surface area contributed by atoms with Gasteiger partial charge in [0.1, 0.15) is 0 Å². The zero-order chi connectivity index (χ0) is 15.5. The standard InChI is InChI=1S/C14H11F2NO3S/c15-14(16)21(19,20)12-8-6-10(7-9-12)13(18)17-11-4-2-1-3-5-11/h1-9,14H,(H,17,18). The summed E-state index contributed by atoms with van der Waals surface area (Å²) in [5.74, 6) is -3.94. The summed E-state index contributed by atoms with van der Waals surface area (Å²) in [5, 5.41) is 2.60. The van der Waals surface area contributed by atoms with Gasteiger partial charge in [-0.05, 0) is 36.4 Å². The number of hydrogen-bond donors (Lipinski definition) is 1. The minimum atomic E-state index is -4.64. The van der Waals surface area contributed by atoms with E-state index in [2.05, 4.69) is 5.32 Å². The van der Waals surface area contributed by atoms with Gasteiger partial charge in [-0.3, -0.25) is 4.79 Å². The Morgan fingerprint density at radius 1 is 0.952 bits per heavy atom. The SMILES string of the molecule is O=C(Nc1ccccc1)c1ccc(S(=O)(=O)C(F)F)cc1. The number of carbonyl (C=O) groups excluding carboxylic acids is 1.